The van der Waals surface area contributed by atoms with E-state index in [9.17, 15) is 4.79 Å². The molecule has 5 heteroatoms. The summed E-state index contributed by atoms with van der Waals surface area (Å²) >= 11 is 6.07. The maximum absolute atomic E-state index is 11.6. The Morgan fingerprint density at radius 3 is 2.24 bits per heavy atom. The number of likely N-dealkylation sites (N-methyl/N-ethyl adjacent to an activating group) is 1. The lowest BCUT2D eigenvalue weighted by molar-refractivity contribution is -0.120. The smallest absolute Gasteiger partial charge is 0.242 e. The van der Waals surface area contributed by atoms with Crippen LogP contribution in [-0.2, 0) is 4.79 Å². The molecule has 0 radical (unpaired) electrons. The molecule has 0 aliphatic rings. The van der Waals surface area contributed by atoms with Gasteiger partial charge in [0.2, 0.25) is 5.91 Å². The third-order valence-electron chi connectivity index (χ3n) is 2.25. The van der Waals surface area contributed by atoms with E-state index in [0.29, 0.717) is 23.6 Å². The van der Waals surface area contributed by atoms with E-state index < -0.39 is 5.38 Å². The van der Waals surface area contributed by atoms with E-state index in [4.69, 9.17) is 21.1 Å². The van der Waals surface area contributed by atoms with Gasteiger partial charge in [-0.3, -0.25) is 4.79 Å². The van der Waals surface area contributed by atoms with Crippen LogP contribution in [0.1, 0.15) is 17.9 Å². The summed E-state index contributed by atoms with van der Waals surface area (Å²) in [5, 5.41) is 1.92. The first-order valence-electron chi connectivity index (χ1n) is 5.27. The van der Waals surface area contributed by atoms with Crippen molar-refractivity contribution in [2.24, 2.45) is 0 Å². The molecule has 0 saturated carbocycles. The maximum atomic E-state index is 11.6. The van der Waals surface area contributed by atoms with Gasteiger partial charge in [0, 0.05) is 12.6 Å². The number of amides is 1. The van der Waals surface area contributed by atoms with Crippen molar-refractivity contribution in [2.45, 2.75) is 12.3 Å². The fraction of sp³-hybridized carbons (Fsp3) is 0.417. The van der Waals surface area contributed by atoms with Crippen LogP contribution in [0.5, 0.6) is 11.5 Å². The van der Waals surface area contributed by atoms with Crippen LogP contribution >= 0.6 is 11.6 Å². The molecule has 1 amide bonds. The lowest BCUT2D eigenvalue weighted by Gasteiger charge is -2.12. The monoisotopic (exact) mass is 257 g/mol. The predicted molar refractivity (Wildman–Crippen MR) is 66.8 cm³/mol. The molecule has 0 aliphatic carbocycles. The van der Waals surface area contributed by atoms with Gasteiger partial charge in [0.05, 0.1) is 14.2 Å². The molecule has 1 unspecified atom stereocenters. The molecule has 0 bridgehead atoms. The van der Waals surface area contributed by atoms with Gasteiger partial charge in [-0.05, 0) is 24.6 Å². The number of carbonyl (C=O) groups is 1. The van der Waals surface area contributed by atoms with E-state index in [-0.39, 0.29) is 5.91 Å². The summed E-state index contributed by atoms with van der Waals surface area (Å²) in [4.78, 5) is 11.6. The average Bonchev–Trinajstić information content (AvgIpc) is 2.37. The molecule has 0 spiro atoms. The highest BCUT2D eigenvalue weighted by Gasteiger charge is 2.18. The van der Waals surface area contributed by atoms with Crippen molar-refractivity contribution in [3.8, 4) is 11.5 Å². The topological polar surface area (TPSA) is 47.6 Å². The Balaban J connectivity index is 2.99. The second-order valence-corrected chi connectivity index (χ2v) is 3.84. The zero-order valence-corrected chi connectivity index (χ0v) is 10.9. The number of alkyl halides is 1. The van der Waals surface area contributed by atoms with Crippen molar-refractivity contribution in [3.63, 3.8) is 0 Å². The summed E-state index contributed by atoms with van der Waals surface area (Å²) in [7, 11) is 3.10. The number of hydrogen-bond donors (Lipinski definition) is 1. The SMILES string of the molecule is CCNC(=O)C(Cl)c1cc(OC)cc(OC)c1. The minimum atomic E-state index is -0.751. The van der Waals surface area contributed by atoms with Gasteiger partial charge in [-0.2, -0.15) is 0 Å². The van der Waals surface area contributed by atoms with Crippen LogP contribution in [-0.4, -0.2) is 26.7 Å². The third-order valence-corrected chi connectivity index (χ3v) is 2.70. The zero-order chi connectivity index (χ0) is 12.8. The molecule has 0 aliphatic heterocycles. The first-order valence-corrected chi connectivity index (χ1v) is 5.70. The predicted octanol–water partition coefficient (Wildman–Crippen LogP) is 2.12. The quantitative estimate of drug-likeness (QED) is 0.822. The van der Waals surface area contributed by atoms with Gasteiger partial charge < -0.3 is 14.8 Å². The minimum absolute atomic E-state index is 0.232. The van der Waals surface area contributed by atoms with E-state index in [1.165, 1.54) is 0 Å². The molecule has 0 aromatic heterocycles. The Bertz CT molecular complexity index is 373. The van der Waals surface area contributed by atoms with E-state index in [1.54, 1.807) is 32.4 Å². The molecule has 17 heavy (non-hydrogen) atoms. The molecule has 1 aromatic rings. The lowest BCUT2D eigenvalue weighted by atomic mass is 10.1. The Labute approximate surface area is 106 Å². The minimum Gasteiger partial charge on any atom is -0.497 e. The fourth-order valence-electron chi connectivity index (χ4n) is 1.39. The molecular formula is C12H16ClNO3. The van der Waals surface area contributed by atoms with E-state index in [1.807, 2.05) is 6.92 Å². The van der Waals surface area contributed by atoms with Crippen LogP contribution < -0.4 is 14.8 Å². The standard InChI is InChI=1S/C12H16ClNO3/c1-4-14-12(15)11(13)8-5-9(16-2)7-10(6-8)17-3/h5-7,11H,4H2,1-3H3,(H,14,15). The van der Waals surface area contributed by atoms with Gasteiger partial charge in [0.1, 0.15) is 16.9 Å². The molecule has 0 saturated heterocycles. The van der Waals surface area contributed by atoms with Crippen LogP contribution in [0.4, 0.5) is 0 Å². The molecule has 1 atom stereocenters. The molecule has 1 rings (SSSR count). The van der Waals surface area contributed by atoms with Crippen molar-refractivity contribution < 1.29 is 14.3 Å². The molecular weight excluding hydrogens is 242 g/mol. The fourth-order valence-corrected chi connectivity index (χ4v) is 1.59. The Hall–Kier alpha value is -1.42. The first kappa shape index (κ1) is 13.6. The summed E-state index contributed by atoms with van der Waals surface area (Å²) in [5.41, 5.74) is 0.647. The highest BCUT2D eigenvalue weighted by molar-refractivity contribution is 6.30. The normalized spacial score (nSPS) is 11.8. The average molecular weight is 258 g/mol. The van der Waals surface area contributed by atoms with Crippen LogP contribution in [0.3, 0.4) is 0 Å². The second-order valence-electron chi connectivity index (χ2n) is 3.40. The van der Waals surface area contributed by atoms with Gasteiger partial charge in [-0.15, -0.1) is 11.6 Å². The number of nitrogens with one attached hydrogen (secondary N) is 1. The summed E-state index contributed by atoms with van der Waals surface area (Å²) in [6.45, 7) is 2.39. The largest absolute Gasteiger partial charge is 0.497 e. The van der Waals surface area contributed by atoms with Crippen LogP contribution in [0, 0.1) is 0 Å². The molecule has 1 aromatic carbocycles. The van der Waals surface area contributed by atoms with Gasteiger partial charge in [0.25, 0.3) is 0 Å². The van der Waals surface area contributed by atoms with Crippen LogP contribution in [0.25, 0.3) is 0 Å². The van der Waals surface area contributed by atoms with Gasteiger partial charge in [0.15, 0.2) is 0 Å². The number of rotatable bonds is 5. The second kappa shape index (κ2) is 6.35. The molecule has 4 nitrogen and oxygen atoms in total. The number of ether oxygens (including phenoxy) is 2. The lowest BCUT2D eigenvalue weighted by Crippen LogP contribution is -2.26. The summed E-state index contributed by atoms with van der Waals surface area (Å²) in [6.07, 6.45) is 0. The number of hydrogen-bond acceptors (Lipinski definition) is 3. The van der Waals surface area contributed by atoms with Crippen LogP contribution in [0.15, 0.2) is 18.2 Å². The van der Waals surface area contributed by atoms with Crippen molar-refractivity contribution >= 4 is 17.5 Å². The highest BCUT2D eigenvalue weighted by Crippen LogP contribution is 2.29. The molecule has 94 valence electrons. The van der Waals surface area contributed by atoms with Crippen molar-refractivity contribution in [1.29, 1.82) is 0 Å². The van der Waals surface area contributed by atoms with Crippen molar-refractivity contribution in [2.75, 3.05) is 20.8 Å². The molecule has 0 heterocycles. The van der Waals surface area contributed by atoms with Gasteiger partial charge >= 0.3 is 0 Å². The Morgan fingerprint density at radius 2 is 1.82 bits per heavy atom. The van der Waals surface area contributed by atoms with Crippen LogP contribution in [0.2, 0.25) is 0 Å². The Kier molecular flexibility index (Phi) is 5.10. The van der Waals surface area contributed by atoms with Gasteiger partial charge in [-0.25, -0.2) is 0 Å². The summed E-state index contributed by atoms with van der Waals surface area (Å²) in [5.74, 6) is 0.980. The number of benzene rings is 1. The third kappa shape index (κ3) is 3.53. The highest BCUT2D eigenvalue weighted by atomic mass is 35.5. The maximum Gasteiger partial charge on any atom is 0.242 e. The zero-order valence-electron chi connectivity index (χ0n) is 10.1. The Morgan fingerprint density at radius 1 is 1.29 bits per heavy atom. The molecule has 1 N–H and O–H groups in total. The van der Waals surface area contributed by atoms with E-state index in [0.717, 1.165) is 0 Å². The van der Waals surface area contributed by atoms with Crippen molar-refractivity contribution in [3.05, 3.63) is 23.8 Å². The first-order chi connectivity index (χ1) is 8.12. The number of methoxy groups -OCH3 is 2. The molecule has 0 fully saturated rings. The van der Waals surface area contributed by atoms with E-state index in [2.05, 4.69) is 5.32 Å². The summed E-state index contributed by atoms with van der Waals surface area (Å²) in [6, 6.07) is 5.16. The number of halogens is 1. The number of carbonyl (C=O) groups excluding carboxylic acids is 1. The summed E-state index contributed by atoms with van der Waals surface area (Å²) < 4.78 is 10.2. The van der Waals surface area contributed by atoms with E-state index >= 15 is 0 Å². The van der Waals surface area contributed by atoms with Crippen molar-refractivity contribution in [1.82, 2.24) is 5.32 Å². The van der Waals surface area contributed by atoms with Gasteiger partial charge in [-0.1, -0.05) is 0 Å².